The average molecular weight is 354 g/mol. The summed E-state index contributed by atoms with van der Waals surface area (Å²) >= 11 is 0. The fourth-order valence-corrected chi connectivity index (χ4v) is 3.70. The van der Waals surface area contributed by atoms with Crippen LogP contribution in [0.1, 0.15) is 49.3 Å². The molecule has 1 N–H and O–H groups in total. The van der Waals surface area contributed by atoms with Crippen LogP contribution < -0.4 is 5.32 Å². The van der Waals surface area contributed by atoms with Gasteiger partial charge >= 0.3 is 0 Å². The van der Waals surface area contributed by atoms with E-state index in [9.17, 15) is 4.79 Å². The fraction of sp³-hybridized carbons (Fsp3) is 0.524. The number of aromatic nitrogens is 2. The van der Waals surface area contributed by atoms with Gasteiger partial charge in [-0.15, -0.1) is 0 Å². The first-order valence-electron chi connectivity index (χ1n) is 9.75. The Morgan fingerprint density at radius 3 is 2.54 bits per heavy atom. The second-order valence-corrected chi connectivity index (χ2v) is 7.20. The summed E-state index contributed by atoms with van der Waals surface area (Å²) in [6.45, 7) is 2.91. The standard InChI is InChI=1S/C21H30N4O/c1-24-17-18(15-23-24)11-12-21(26)22-16-20(19-9-5-4-6-10-19)25-13-7-2-3-8-14-25/h4-6,9-10,15,17,20H,2-3,7-8,11-14,16H2,1H3,(H,22,26)/t20-/m1/s1. The summed E-state index contributed by atoms with van der Waals surface area (Å²) in [5.41, 5.74) is 2.40. The molecule has 1 atom stereocenters. The van der Waals surface area contributed by atoms with Crippen molar-refractivity contribution in [2.24, 2.45) is 7.05 Å². The quantitative estimate of drug-likeness (QED) is 0.831. The number of hydrogen-bond donors (Lipinski definition) is 1. The Bertz CT molecular complexity index is 674. The van der Waals surface area contributed by atoms with E-state index in [1.165, 1.54) is 31.2 Å². The Labute approximate surface area is 156 Å². The Hall–Kier alpha value is -2.14. The molecule has 26 heavy (non-hydrogen) atoms. The summed E-state index contributed by atoms with van der Waals surface area (Å²) in [5, 5.41) is 7.32. The molecule has 1 saturated heterocycles. The molecule has 0 unspecified atom stereocenters. The molecule has 1 aliphatic rings. The highest BCUT2D eigenvalue weighted by atomic mass is 16.1. The van der Waals surface area contributed by atoms with E-state index in [0.29, 0.717) is 13.0 Å². The predicted octanol–water partition coefficient (Wildman–Crippen LogP) is 3.09. The van der Waals surface area contributed by atoms with Gasteiger partial charge in [-0.1, -0.05) is 43.2 Å². The van der Waals surface area contributed by atoms with E-state index < -0.39 is 0 Å². The normalized spacial score (nSPS) is 16.8. The van der Waals surface area contributed by atoms with E-state index in [4.69, 9.17) is 0 Å². The van der Waals surface area contributed by atoms with Gasteiger partial charge in [0.05, 0.1) is 12.2 Å². The highest BCUT2D eigenvalue weighted by Gasteiger charge is 2.22. The zero-order chi connectivity index (χ0) is 18.2. The second-order valence-electron chi connectivity index (χ2n) is 7.20. The van der Waals surface area contributed by atoms with Gasteiger partial charge in [-0.05, 0) is 43.5 Å². The Morgan fingerprint density at radius 2 is 1.88 bits per heavy atom. The van der Waals surface area contributed by atoms with Crippen LogP contribution in [-0.2, 0) is 18.3 Å². The van der Waals surface area contributed by atoms with E-state index >= 15 is 0 Å². The zero-order valence-electron chi connectivity index (χ0n) is 15.7. The van der Waals surface area contributed by atoms with Gasteiger partial charge in [0.25, 0.3) is 0 Å². The Balaban J connectivity index is 1.57. The van der Waals surface area contributed by atoms with E-state index in [1.807, 2.05) is 19.4 Å². The number of nitrogens with zero attached hydrogens (tertiary/aromatic N) is 3. The first kappa shape index (κ1) is 18.6. The first-order valence-corrected chi connectivity index (χ1v) is 9.75. The fourth-order valence-electron chi connectivity index (χ4n) is 3.70. The molecular formula is C21H30N4O. The molecule has 1 aromatic carbocycles. The number of nitrogens with one attached hydrogen (secondary N) is 1. The van der Waals surface area contributed by atoms with Crippen molar-refractivity contribution < 1.29 is 4.79 Å². The van der Waals surface area contributed by atoms with Gasteiger partial charge in [0, 0.05) is 26.2 Å². The third-order valence-electron chi connectivity index (χ3n) is 5.16. The molecule has 1 aromatic heterocycles. The third kappa shape index (κ3) is 5.43. The van der Waals surface area contributed by atoms with Crippen molar-refractivity contribution in [3.05, 3.63) is 53.9 Å². The highest BCUT2D eigenvalue weighted by Crippen LogP contribution is 2.23. The number of aryl methyl sites for hydroxylation is 2. The smallest absolute Gasteiger partial charge is 0.220 e. The molecular weight excluding hydrogens is 324 g/mol. The molecule has 5 heteroatoms. The number of hydrogen-bond acceptors (Lipinski definition) is 3. The molecule has 0 radical (unpaired) electrons. The topological polar surface area (TPSA) is 50.2 Å². The number of amides is 1. The summed E-state index contributed by atoms with van der Waals surface area (Å²) in [7, 11) is 1.90. The minimum Gasteiger partial charge on any atom is -0.354 e. The molecule has 0 saturated carbocycles. The van der Waals surface area contributed by atoms with Gasteiger partial charge < -0.3 is 5.32 Å². The number of rotatable bonds is 7. The number of carbonyl (C=O) groups excluding carboxylic acids is 1. The van der Waals surface area contributed by atoms with Crippen molar-refractivity contribution in [1.29, 1.82) is 0 Å². The molecule has 0 aliphatic carbocycles. The summed E-state index contributed by atoms with van der Waals surface area (Å²) in [5.74, 6) is 0.115. The third-order valence-corrected chi connectivity index (χ3v) is 5.16. The molecule has 140 valence electrons. The van der Waals surface area contributed by atoms with Gasteiger partial charge in [0.2, 0.25) is 5.91 Å². The van der Waals surface area contributed by atoms with Crippen LogP contribution in [0.3, 0.4) is 0 Å². The van der Waals surface area contributed by atoms with Gasteiger partial charge in [-0.2, -0.15) is 5.10 Å². The van der Waals surface area contributed by atoms with Crippen LogP contribution in [0, 0.1) is 0 Å². The van der Waals surface area contributed by atoms with Crippen molar-refractivity contribution in [2.45, 2.75) is 44.6 Å². The SMILES string of the molecule is Cn1cc(CCC(=O)NC[C@H](c2ccccc2)N2CCCCCC2)cn1. The number of benzene rings is 1. The maximum atomic E-state index is 12.4. The molecule has 1 fully saturated rings. The van der Waals surface area contributed by atoms with Crippen molar-refractivity contribution in [1.82, 2.24) is 20.0 Å². The maximum Gasteiger partial charge on any atom is 0.220 e. The highest BCUT2D eigenvalue weighted by molar-refractivity contribution is 5.76. The molecule has 3 rings (SSSR count). The molecule has 0 bridgehead atoms. The van der Waals surface area contributed by atoms with Crippen LogP contribution in [-0.4, -0.2) is 40.2 Å². The number of carbonyl (C=O) groups is 1. The van der Waals surface area contributed by atoms with Crippen molar-refractivity contribution in [3.8, 4) is 0 Å². The van der Waals surface area contributed by atoms with Gasteiger partial charge in [0.1, 0.15) is 0 Å². The van der Waals surface area contributed by atoms with Gasteiger partial charge in [-0.25, -0.2) is 0 Å². The van der Waals surface area contributed by atoms with Gasteiger partial charge in [0.15, 0.2) is 0 Å². The van der Waals surface area contributed by atoms with Crippen LogP contribution in [0.4, 0.5) is 0 Å². The van der Waals surface area contributed by atoms with E-state index in [0.717, 1.165) is 25.1 Å². The molecule has 1 aliphatic heterocycles. The van der Waals surface area contributed by atoms with Crippen molar-refractivity contribution >= 4 is 5.91 Å². The monoisotopic (exact) mass is 354 g/mol. The first-order chi connectivity index (χ1) is 12.7. The van der Waals surface area contributed by atoms with Crippen LogP contribution in [0.25, 0.3) is 0 Å². The maximum absolute atomic E-state index is 12.4. The summed E-state index contributed by atoms with van der Waals surface area (Å²) in [6.07, 6.45) is 10.2. The number of likely N-dealkylation sites (tertiary alicyclic amines) is 1. The molecule has 5 nitrogen and oxygen atoms in total. The lowest BCUT2D eigenvalue weighted by Crippen LogP contribution is -2.38. The lowest BCUT2D eigenvalue weighted by molar-refractivity contribution is -0.121. The van der Waals surface area contributed by atoms with Crippen LogP contribution >= 0.6 is 0 Å². The molecule has 1 amide bonds. The summed E-state index contributed by atoms with van der Waals surface area (Å²) < 4.78 is 1.78. The molecule has 0 spiro atoms. The lowest BCUT2D eigenvalue weighted by Gasteiger charge is -2.31. The van der Waals surface area contributed by atoms with Crippen LogP contribution in [0.15, 0.2) is 42.7 Å². The minimum absolute atomic E-state index is 0.115. The van der Waals surface area contributed by atoms with Gasteiger partial charge in [-0.3, -0.25) is 14.4 Å². The minimum atomic E-state index is 0.115. The van der Waals surface area contributed by atoms with Crippen molar-refractivity contribution in [2.75, 3.05) is 19.6 Å². The molecule has 2 aromatic rings. The van der Waals surface area contributed by atoms with E-state index in [2.05, 4.69) is 45.6 Å². The lowest BCUT2D eigenvalue weighted by atomic mass is 10.0. The van der Waals surface area contributed by atoms with Crippen LogP contribution in [0.5, 0.6) is 0 Å². The Kier molecular flexibility index (Phi) is 6.83. The summed E-state index contributed by atoms with van der Waals surface area (Å²) in [4.78, 5) is 14.9. The van der Waals surface area contributed by atoms with Crippen LogP contribution in [0.2, 0.25) is 0 Å². The zero-order valence-corrected chi connectivity index (χ0v) is 15.7. The second kappa shape index (κ2) is 9.53. The summed E-state index contributed by atoms with van der Waals surface area (Å²) in [6, 6.07) is 10.8. The van der Waals surface area contributed by atoms with E-state index in [-0.39, 0.29) is 11.9 Å². The Morgan fingerprint density at radius 1 is 1.15 bits per heavy atom. The molecule has 2 heterocycles. The largest absolute Gasteiger partial charge is 0.354 e. The van der Waals surface area contributed by atoms with E-state index in [1.54, 1.807) is 4.68 Å². The predicted molar refractivity (Wildman–Crippen MR) is 104 cm³/mol. The average Bonchev–Trinajstić information content (AvgIpc) is 2.90. The van der Waals surface area contributed by atoms with Crippen molar-refractivity contribution in [3.63, 3.8) is 0 Å².